The third-order valence-corrected chi connectivity index (χ3v) is 9.53. The van der Waals surface area contributed by atoms with Crippen molar-refractivity contribution in [3.63, 3.8) is 0 Å². The lowest BCUT2D eigenvalue weighted by molar-refractivity contribution is -0.113. The number of carbonyl (C=O) groups excluding carboxylic acids is 1. The Morgan fingerprint density at radius 1 is 1.27 bits per heavy atom. The van der Waals surface area contributed by atoms with Gasteiger partial charge in [-0.05, 0) is 73.5 Å². The zero-order valence-corrected chi connectivity index (χ0v) is 21.2. The first-order valence-electron chi connectivity index (χ1n) is 11.8. The fourth-order valence-corrected chi connectivity index (χ4v) is 6.92. The largest absolute Gasteiger partial charge is 0.316 e. The van der Waals surface area contributed by atoms with E-state index in [9.17, 15) is 15.3 Å². The van der Waals surface area contributed by atoms with E-state index in [2.05, 4.69) is 38.2 Å². The number of carbonyl (C=O) groups is 1. The van der Waals surface area contributed by atoms with Gasteiger partial charge in [-0.15, -0.1) is 11.3 Å². The first kappa shape index (κ1) is 23.8. The Morgan fingerprint density at radius 2 is 2.06 bits per heavy atom. The van der Waals surface area contributed by atoms with E-state index in [0.717, 1.165) is 62.6 Å². The van der Waals surface area contributed by atoms with Crippen molar-refractivity contribution >= 4 is 34.0 Å². The van der Waals surface area contributed by atoms with Crippen LogP contribution in [0.1, 0.15) is 79.3 Å². The van der Waals surface area contributed by atoms with Crippen LogP contribution in [0.4, 0.5) is 5.00 Å². The molecule has 0 bridgehead atoms. The summed E-state index contributed by atoms with van der Waals surface area (Å²) < 4.78 is 0. The number of anilines is 1. The molecule has 0 saturated carbocycles. The summed E-state index contributed by atoms with van der Waals surface area (Å²) >= 11 is 2.86. The number of aromatic nitrogens is 1. The van der Waals surface area contributed by atoms with Crippen molar-refractivity contribution in [1.82, 2.24) is 4.98 Å². The van der Waals surface area contributed by atoms with E-state index < -0.39 is 0 Å². The first-order valence-corrected chi connectivity index (χ1v) is 13.6. The number of fused-ring (bicyclic) bond motifs is 2. The number of thioether (sulfide) groups is 1. The van der Waals surface area contributed by atoms with Gasteiger partial charge in [-0.25, -0.2) is 4.98 Å². The van der Waals surface area contributed by atoms with E-state index in [4.69, 9.17) is 4.98 Å². The molecule has 0 radical (unpaired) electrons. The number of amides is 1. The molecular weight excluding hydrogens is 448 g/mol. The lowest BCUT2D eigenvalue weighted by Crippen LogP contribution is -2.28. The van der Waals surface area contributed by atoms with Crippen LogP contribution in [-0.4, -0.2) is 16.6 Å². The molecule has 2 aliphatic rings. The molecule has 33 heavy (non-hydrogen) atoms. The lowest BCUT2D eigenvalue weighted by atomic mass is 9.69. The summed E-state index contributed by atoms with van der Waals surface area (Å²) in [6.45, 7) is 6.89. The minimum Gasteiger partial charge on any atom is -0.316 e. The Morgan fingerprint density at radius 3 is 2.79 bits per heavy atom. The van der Waals surface area contributed by atoms with Crippen molar-refractivity contribution in [2.75, 3.05) is 11.1 Å². The Bertz CT molecular complexity index is 1150. The van der Waals surface area contributed by atoms with Crippen molar-refractivity contribution in [2.45, 2.75) is 77.2 Å². The second-order valence-corrected chi connectivity index (χ2v) is 11.8. The van der Waals surface area contributed by atoms with Crippen LogP contribution in [0.2, 0.25) is 0 Å². The second-order valence-electron chi connectivity index (χ2n) is 9.70. The summed E-state index contributed by atoms with van der Waals surface area (Å²) in [5, 5.41) is 23.6. The summed E-state index contributed by atoms with van der Waals surface area (Å²) in [6.07, 6.45) is 8.25. The standard InChI is InChI=1S/C26H30N4OS2/c1-4-26(2,3)18-9-10-19-20(14-28)25(33-22(19)12-18)30-23(31)15-32-24-17(13-27)11-16-7-5-6-8-21(16)29-24/h11,18H,4-10,12,15H2,1-3H3,(H,30,31)/t18-/m1/s1. The minimum atomic E-state index is -0.163. The van der Waals surface area contributed by atoms with Gasteiger partial charge in [0.1, 0.15) is 22.2 Å². The van der Waals surface area contributed by atoms with E-state index >= 15 is 0 Å². The van der Waals surface area contributed by atoms with Gasteiger partial charge in [0.15, 0.2) is 0 Å². The highest BCUT2D eigenvalue weighted by Gasteiger charge is 2.34. The molecule has 1 amide bonds. The monoisotopic (exact) mass is 478 g/mol. The quantitative estimate of drug-likeness (QED) is 0.511. The maximum atomic E-state index is 12.8. The molecule has 2 aromatic rings. The summed E-state index contributed by atoms with van der Waals surface area (Å²) in [6, 6.07) is 6.51. The Labute approximate surface area is 204 Å². The maximum absolute atomic E-state index is 12.8. The number of thiophene rings is 1. The molecule has 0 saturated heterocycles. The molecule has 172 valence electrons. The molecule has 0 aromatic carbocycles. The van der Waals surface area contributed by atoms with Gasteiger partial charge in [0.2, 0.25) is 5.91 Å². The van der Waals surface area contributed by atoms with E-state index in [1.165, 1.54) is 22.2 Å². The molecular formula is C26H30N4OS2. The summed E-state index contributed by atoms with van der Waals surface area (Å²) in [4.78, 5) is 18.7. The Kier molecular flexibility index (Phi) is 7.12. The van der Waals surface area contributed by atoms with Gasteiger partial charge in [0.05, 0.1) is 16.9 Å². The summed E-state index contributed by atoms with van der Waals surface area (Å²) in [7, 11) is 0. The fourth-order valence-electron chi connectivity index (χ4n) is 4.85. The van der Waals surface area contributed by atoms with Crippen LogP contribution in [-0.2, 0) is 30.5 Å². The molecule has 2 heterocycles. The zero-order chi connectivity index (χ0) is 23.6. The van der Waals surface area contributed by atoms with Gasteiger partial charge < -0.3 is 5.32 Å². The van der Waals surface area contributed by atoms with Crippen molar-refractivity contribution in [3.8, 4) is 12.1 Å². The van der Waals surface area contributed by atoms with Crippen LogP contribution in [0, 0.1) is 34.0 Å². The molecule has 0 spiro atoms. The van der Waals surface area contributed by atoms with Crippen molar-refractivity contribution < 1.29 is 4.79 Å². The van der Waals surface area contributed by atoms with Gasteiger partial charge in [-0.3, -0.25) is 4.79 Å². The van der Waals surface area contributed by atoms with Gasteiger partial charge in [0, 0.05) is 10.6 Å². The average Bonchev–Trinajstić information content (AvgIpc) is 3.17. The predicted molar refractivity (Wildman–Crippen MR) is 134 cm³/mol. The molecule has 5 nitrogen and oxygen atoms in total. The van der Waals surface area contributed by atoms with Crippen molar-refractivity contribution in [2.24, 2.45) is 11.3 Å². The average molecular weight is 479 g/mol. The zero-order valence-electron chi connectivity index (χ0n) is 19.6. The molecule has 0 fully saturated rings. The SMILES string of the molecule is CCC(C)(C)[C@@H]1CCc2c(sc(NC(=O)CSc3nc4c(cc3C#N)CCCC4)c2C#N)C1. The van der Waals surface area contributed by atoms with Gasteiger partial charge in [-0.1, -0.05) is 39.0 Å². The van der Waals surface area contributed by atoms with Crippen LogP contribution in [0.3, 0.4) is 0 Å². The van der Waals surface area contributed by atoms with E-state index in [0.29, 0.717) is 27.1 Å². The number of nitrogens with zero attached hydrogens (tertiary/aromatic N) is 3. The lowest BCUT2D eigenvalue weighted by Gasteiger charge is -2.36. The van der Waals surface area contributed by atoms with Crippen LogP contribution < -0.4 is 5.32 Å². The molecule has 0 aliphatic heterocycles. The molecule has 2 aliphatic carbocycles. The van der Waals surface area contributed by atoms with Gasteiger partial charge in [-0.2, -0.15) is 10.5 Å². The number of hydrogen-bond acceptors (Lipinski definition) is 6. The second kappa shape index (κ2) is 9.87. The van der Waals surface area contributed by atoms with Crippen LogP contribution >= 0.6 is 23.1 Å². The Hall–Kier alpha value is -2.35. The Balaban J connectivity index is 1.46. The fraction of sp³-hybridized carbons (Fsp3) is 0.538. The third kappa shape index (κ3) is 4.95. The van der Waals surface area contributed by atoms with Gasteiger partial charge in [0.25, 0.3) is 0 Å². The van der Waals surface area contributed by atoms with Crippen molar-refractivity contribution in [1.29, 1.82) is 10.5 Å². The highest BCUT2D eigenvalue weighted by molar-refractivity contribution is 8.00. The molecule has 1 N–H and O–H groups in total. The van der Waals surface area contributed by atoms with Crippen molar-refractivity contribution in [3.05, 3.63) is 38.9 Å². The van der Waals surface area contributed by atoms with Crippen LogP contribution in [0.25, 0.3) is 0 Å². The topological polar surface area (TPSA) is 89.6 Å². The molecule has 4 rings (SSSR count). The number of nitriles is 2. The van der Waals surface area contributed by atoms with E-state index in [1.54, 1.807) is 11.3 Å². The van der Waals surface area contributed by atoms with E-state index in [1.807, 2.05) is 6.07 Å². The number of pyridine rings is 1. The molecule has 1 atom stereocenters. The normalized spacial score (nSPS) is 17.4. The highest BCUT2D eigenvalue weighted by Crippen LogP contribution is 2.45. The molecule has 7 heteroatoms. The smallest absolute Gasteiger partial charge is 0.235 e. The number of rotatable bonds is 6. The minimum absolute atomic E-state index is 0.163. The first-order chi connectivity index (χ1) is 15.9. The molecule has 0 unspecified atom stereocenters. The molecule has 2 aromatic heterocycles. The highest BCUT2D eigenvalue weighted by atomic mass is 32.2. The van der Waals surface area contributed by atoms with E-state index in [-0.39, 0.29) is 17.1 Å². The number of nitrogens with one attached hydrogen (secondary N) is 1. The number of aryl methyl sites for hydroxylation is 2. The van der Waals surface area contributed by atoms with Crippen LogP contribution in [0.15, 0.2) is 11.1 Å². The number of hydrogen-bond donors (Lipinski definition) is 1. The van der Waals surface area contributed by atoms with Gasteiger partial charge >= 0.3 is 0 Å². The van der Waals surface area contributed by atoms with Crippen LogP contribution in [0.5, 0.6) is 0 Å². The maximum Gasteiger partial charge on any atom is 0.235 e. The predicted octanol–water partition coefficient (Wildman–Crippen LogP) is 6.04. The summed E-state index contributed by atoms with van der Waals surface area (Å²) in [5.74, 6) is 0.599. The third-order valence-electron chi connectivity index (χ3n) is 7.37. The summed E-state index contributed by atoms with van der Waals surface area (Å²) in [5.41, 5.74) is 4.80.